The highest BCUT2D eigenvalue weighted by atomic mass is 16.3. The molecule has 2 aromatic heterocycles. The number of likely N-dealkylation sites (tertiary alicyclic amines) is 1. The summed E-state index contributed by atoms with van der Waals surface area (Å²) in [7, 11) is 3.54. The number of rotatable bonds is 6. The highest BCUT2D eigenvalue weighted by molar-refractivity contribution is 5.92. The first kappa shape index (κ1) is 18.3. The summed E-state index contributed by atoms with van der Waals surface area (Å²) in [6.45, 7) is 1.61. The number of hydrogen-bond donors (Lipinski definition) is 2. The SMILES string of the molecule is CNC(=O)c1ccc([C@H]2CCCCN2CC(=O)NCc2ccco2)n1C. The van der Waals surface area contributed by atoms with E-state index in [0.717, 1.165) is 37.3 Å². The van der Waals surface area contributed by atoms with Gasteiger partial charge in [-0.25, -0.2) is 0 Å². The molecule has 0 saturated carbocycles. The van der Waals surface area contributed by atoms with Gasteiger partial charge in [0.25, 0.3) is 5.91 Å². The van der Waals surface area contributed by atoms with Crippen molar-refractivity contribution >= 4 is 11.8 Å². The summed E-state index contributed by atoms with van der Waals surface area (Å²) >= 11 is 0. The molecular weight excluding hydrogens is 332 g/mol. The molecule has 7 heteroatoms. The number of hydrogen-bond acceptors (Lipinski definition) is 4. The first-order valence-corrected chi connectivity index (χ1v) is 9.01. The Bertz CT molecular complexity index is 751. The number of carbonyl (C=O) groups is 2. The first-order chi connectivity index (χ1) is 12.6. The van der Waals surface area contributed by atoms with Crippen LogP contribution in [0.25, 0.3) is 0 Å². The Hall–Kier alpha value is -2.54. The van der Waals surface area contributed by atoms with Crippen LogP contribution in [0.15, 0.2) is 34.9 Å². The number of carbonyl (C=O) groups excluding carboxylic acids is 2. The third kappa shape index (κ3) is 3.99. The summed E-state index contributed by atoms with van der Waals surface area (Å²) in [5.74, 6) is 0.623. The Labute approximate surface area is 153 Å². The topological polar surface area (TPSA) is 79.5 Å². The van der Waals surface area contributed by atoms with E-state index in [4.69, 9.17) is 4.42 Å². The minimum Gasteiger partial charge on any atom is -0.467 e. The maximum atomic E-state index is 12.4. The van der Waals surface area contributed by atoms with E-state index < -0.39 is 0 Å². The molecule has 140 valence electrons. The van der Waals surface area contributed by atoms with Gasteiger partial charge in [-0.15, -0.1) is 0 Å². The number of amides is 2. The van der Waals surface area contributed by atoms with Gasteiger partial charge >= 0.3 is 0 Å². The quantitative estimate of drug-likeness (QED) is 0.826. The van der Waals surface area contributed by atoms with Crippen molar-refractivity contribution in [1.82, 2.24) is 20.1 Å². The zero-order valence-electron chi connectivity index (χ0n) is 15.3. The second-order valence-electron chi connectivity index (χ2n) is 6.62. The number of nitrogens with one attached hydrogen (secondary N) is 2. The fourth-order valence-electron chi connectivity index (χ4n) is 3.57. The van der Waals surface area contributed by atoms with Crippen molar-refractivity contribution in [1.29, 1.82) is 0 Å². The molecule has 2 aromatic rings. The summed E-state index contributed by atoms with van der Waals surface area (Å²) in [6, 6.07) is 7.63. The van der Waals surface area contributed by atoms with Crippen molar-refractivity contribution in [2.45, 2.75) is 31.8 Å². The smallest absolute Gasteiger partial charge is 0.267 e. The highest BCUT2D eigenvalue weighted by Gasteiger charge is 2.28. The van der Waals surface area contributed by atoms with Gasteiger partial charge in [-0.05, 0) is 43.7 Å². The van der Waals surface area contributed by atoms with Crippen LogP contribution < -0.4 is 10.6 Å². The van der Waals surface area contributed by atoms with Crippen molar-refractivity contribution in [3.63, 3.8) is 0 Å². The van der Waals surface area contributed by atoms with E-state index in [-0.39, 0.29) is 17.9 Å². The Kier molecular flexibility index (Phi) is 5.78. The summed E-state index contributed by atoms with van der Waals surface area (Å²) in [4.78, 5) is 26.5. The van der Waals surface area contributed by atoms with Gasteiger partial charge in [-0.2, -0.15) is 0 Å². The van der Waals surface area contributed by atoms with Gasteiger partial charge in [0.15, 0.2) is 0 Å². The molecule has 1 saturated heterocycles. The van der Waals surface area contributed by atoms with Crippen LogP contribution in [-0.4, -0.2) is 41.4 Å². The lowest BCUT2D eigenvalue weighted by Gasteiger charge is -2.35. The molecule has 1 aliphatic rings. The van der Waals surface area contributed by atoms with Crippen LogP contribution in [0, 0.1) is 0 Å². The van der Waals surface area contributed by atoms with Crippen molar-refractivity contribution in [2.24, 2.45) is 7.05 Å². The second kappa shape index (κ2) is 8.23. The average molecular weight is 358 g/mol. The summed E-state index contributed by atoms with van der Waals surface area (Å²) < 4.78 is 7.18. The van der Waals surface area contributed by atoms with Crippen molar-refractivity contribution in [2.75, 3.05) is 20.1 Å². The molecule has 26 heavy (non-hydrogen) atoms. The van der Waals surface area contributed by atoms with Crippen molar-refractivity contribution in [3.8, 4) is 0 Å². The predicted octanol–water partition coefficient (Wildman–Crippen LogP) is 1.82. The molecule has 0 spiro atoms. The summed E-state index contributed by atoms with van der Waals surface area (Å²) in [6.07, 6.45) is 4.78. The monoisotopic (exact) mass is 358 g/mol. The molecule has 3 heterocycles. The lowest BCUT2D eigenvalue weighted by Crippen LogP contribution is -2.42. The van der Waals surface area contributed by atoms with E-state index in [1.165, 1.54) is 0 Å². The number of furan rings is 1. The Morgan fingerprint density at radius 2 is 2.12 bits per heavy atom. The predicted molar refractivity (Wildman–Crippen MR) is 97.5 cm³/mol. The highest BCUT2D eigenvalue weighted by Crippen LogP contribution is 2.31. The molecule has 0 radical (unpaired) electrons. The van der Waals surface area contributed by atoms with Gasteiger partial charge in [0.1, 0.15) is 11.5 Å². The van der Waals surface area contributed by atoms with Crippen molar-refractivity contribution in [3.05, 3.63) is 47.7 Å². The van der Waals surface area contributed by atoms with E-state index in [9.17, 15) is 9.59 Å². The minimum atomic E-state index is -0.0997. The molecule has 3 rings (SSSR count). The Morgan fingerprint density at radius 3 is 2.85 bits per heavy atom. The van der Waals surface area contributed by atoms with E-state index in [2.05, 4.69) is 15.5 Å². The number of nitrogens with zero attached hydrogens (tertiary/aromatic N) is 2. The number of piperidine rings is 1. The van der Waals surface area contributed by atoms with Crippen molar-refractivity contribution < 1.29 is 14.0 Å². The van der Waals surface area contributed by atoms with Crippen LogP contribution in [0.2, 0.25) is 0 Å². The molecule has 1 aliphatic heterocycles. The molecule has 7 nitrogen and oxygen atoms in total. The zero-order valence-corrected chi connectivity index (χ0v) is 15.3. The largest absolute Gasteiger partial charge is 0.467 e. The summed E-state index contributed by atoms with van der Waals surface area (Å²) in [5.41, 5.74) is 1.71. The molecule has 1 fully saturated rings. The van der Waals surface area contributed by atoms with Crippen LogP contribution in [0.4, 0.5) is 0 Å². The van der Waals surface area contributed by atoms with Crippen LogP contribution >= 0.6 is 0 Å². The summed E-state index contributed by atoms with van der Waals surface area (Å²) in [5, 5.41) is 5.57. The van der Waals surface area contributed by atoms with Gasteiger partial charge in [0, 0.05) is 19.8 Å². The van der Waals surface area contributed by atoms with Crippen LogP contribution in [0.5, 0.6) is 0 Å². The third-order valence-corrected chi connectivity index (χ3v) is 4.96. The Balaban J connectivity index is 1.67. The van der Waals surface area contributed by atoms with E-state index in [1.54, 1.807) is 13.3 Å². The van der Waals surface area contributed by atoms with Gasteiger partial charge in [-0.3, -0.25) is 14.5 Å². The normalized spacial score (nSPS) is 17.8. The van der Waals surface area contributed by atoms with Gasteiger partial charge in [0.05, 0.1) is 25.4 Å². The molecule has 0 aliphatic carbocycles. The lowest BCUT2D eigenvalue weighted by molar-refractivity contribution is -0.123. The van der Waals surface area contributed by atoms with Crippen LogP contribution in [0.3, 0.4) is 0 Å². The molecule has 0 unspecified atom stereocenters. The van der Waals surface area contributed by atoms with E-state index >= 15 is 0 Å². The second-order valence-corrected chi connectivity index (χ2v) is 6.62. The molecule has 0 aromatic carbocycles. The number of aromatic nitrogens is 1. The Morgan fingerprint density at radius 1 is 1.27 bits per heavy atom. The van der Waals surface area contributed by atoms with Gasteiger partial charge < -0.3 is 19.6 Å². The standard InChI is InChI=1S/C19H26N4O3/c1-20-19(25)17-9-8-15(22(17)2)16-7-3-4-10-23(16)13-18(24)21-12-14-6-5-11-26-14/h5-6,8-9,11,16H,3-4,7,10,12-13H2,1-2H3,(H,20,25)(H,21,24)/t16-/m1/s1. The molecule has 2 amide bonds. The molecule has 2 N–H and O–H groups in total. The maximum Gasteiger partial charge on any atom is 0.267 e. The first-order valence-electron chi connectivity index (χ1n) is 9.01. The average Bonchev–Trinajstić information content (AvgIpc) is 3.29. The molecule has 1 atom stereocenters. The van der Waals surface area contributed by atoms with Gasteiger partial charge in [-0.1, -0.05) is 6.42 Å². The fraction of sp³-hybridized carbons (Fsp3) is 0.474. The van der Waals surface area contributed by atoms with E-state index in [1.807, 2.05) is 35.9 Å². The zero-order chi connectivity index (χ0) is 18.5. The lowest BCUT2D eigenvalue weighted by atomic mass is 9.99. The molecular formula is C19H26N4O3. The fourth-order valence-corrected chi connectivity index (χ4v) is 3.57. The van der Waals surface area contributed by atoms with Crippen LogP contribution in [0.1, 0.15) is 47.2 Å². The van der Waals surface area contributed by atoms with Crippen LogP contribution in [-0.2, 0) is 18.4 Å². The third-order valence-electron chi connectivity index (χ3n) is 4.96. The van der Waals surface area contributed by atoms with E-state index in [0.29, 0.717) is 18.8 Å². The minimum absolute atomic E-state index is 0.0194. The molecule has 0 bridgehead atoms. The maximum absolute atomic E-state index is 12.4. The van der Waals surface area contributed by atoms with Gasteiger partial charge in [0.2, 0.25) is 5.91 Å².